The first kappa shape index (κ1) is 9.98. The van der Waals surface area contributed by atoms with Crippen molar-refractivity contribution >= 4 is 11.6 Å². The summed E-state index contributed by atoms with van der Waals surface area (Å²) >= 11 is 0. The first-order valence-corrected chi connectivity index (χ1v) is 4.95. The van der Waals surface area contributed by atoms with Gasteiger partial charge in [-0.25, -0.2) is 0 Å². The number of likely N-dealkylation sites (N-methyl/N-ethyl adjacent to an activating group) is 1. The van der Waals surface area contributed by atoms with Gasteiger partial charge in [-0.3, -0.25) is 4.79 Å². The second-order valence-corrected chi connectivity index (χ2v) is 3.73. The first-order chi connectivity index (χ1) is 7.18. The number of likely N-dealkylation sites (tertiary alicyclic amines) is 1. The van der Waals surface area contributed by atoms with Crippen LogP contribution in [0.5, 0.6) is 0 Å². The Morgan fingerprint density at radius 1 is 1.40 bits per heavy atom. The van der Waals surface area contributed by atoms with Gasteiger partial charge < -0.3 is 15.3 Å². The number of benzene rings is 1. The lowest BCUT2D eigenvalue weighted by molar-refractivity contribution is -0.131. The van der Waals surface area contributed by atoms with Crippen LogP contribution >= 0.6 is 0 Å². The molecule has 0 spiro atoms. The molecule has 2 N–H and O–H groups in total. The van der Waals surface area contributed by atoms with Crippen molar-refractivity contribution in [1.82, 2.24) is 4.90 Å². The second kappa shape index (κ2) is 3.90. The third-order valence-corrected chi connectivity index (χ3v) is 2.65. The molecule has 0 bridgehead atoms. The maximum absolute atomic E-state index is 11.6. The largest absolute Gasteiger partial charge is 0.374 e. The molecule has 4 nitrogen and oxygen atoms in total. The van der Waals surface area contributed by atoms with Gasteiger partial charge in [0.15, 0.2) is 0 Å². The lowest BCUT2D eigenvalue weighted by Crippen LogP contribution is -2.32. The number of nitrogens with zero attached hydrogens (tertiary/aromatic N) is 1. The lowest BCUT2D eigenvalue weighted by Gasteiger charge is -2.13. The number of amides is 1. The molecule has 1 amide bonds. The number of anilines is 1. The predicted molar refractivity (Wildman–Crippen MR) is 57.2 cm³/mol. The van der Waals surface area contributed by atoms with Crippen molar-refractivity contribution < 1.29 is 9.90 Å². The Balaban J connectivity index is 2.05. The zero-order valence-electron chi connectivity index (χ0n) is 8.55. The summed E-state index contributed by atoms with van der Waals surface area (Å²) < 4.78 is 0. The number of aliphatic hydroxyl groups excluding tert-OH is 1. The van der Waals surface area contributed by atoms with Gasteiger partial charge in [0.05, 0.1) is 0 Å². The van der Waals surface area contributed by atoms with Crippen LogP contribution in [-0.2, 0) is 4.79 Å². The average molecular weight is 206 g/mol. The van der Waals surface area contributed by atoms with Crippen LogP contribution in [0.3, 0.4) is 0 Å². The van der Waals surface area contributed by atoms with Crippen molar-refractivity contribution in [2.45, 2.75) is 18.7 Å². The summed E-state index contributed by atoms with van der Waals surface area (Å²) in [4.78, 5) is 13.0. The van der Waals surface area contributed by atoms with E-state index in [1.807, 2.05) is 30.3 Å². The third-order valence-electron chi connectivity index (χ3n) is 2.65. The molecule has 1 aliphatic rings. The highest BCUT2D eigenvalue weighted by Crippen LogP contribution is 2.19. The minimum absolute atomic E-state index is 0.0636. The van der Waals surface area contributed by atoms with Crippen LogP contribution < -0.4 is 5.32 Å². The number of para-hydroxylation sites is 1. The molecule has 1 fully saturated rings. The molecule has 1 heterocycles. The molecule has 2 rings (SSSR count). The Morgan fingerprint density at radius 3 is 2.60 bits per heavy atom. The van der Waals surface area contributed by atoms with E-state index in [-0.39, 0.29) is 11.9 Å². The van der Waals surface area contributed by atoms with Crippen molar-refractivity contribution in [3.05, 3.63) is 30.3 Å². The Kier molecular flexibility index (Phi) is 2.60. The van der Waals surface area contributed by atoms with Gasteiger partial charge in [-0.2, -0.15) is 0 Å². The molecule has 1 aliphatic heterocycles. The predicted octanol–water partition coefficient (Wildman–Crippen LogP) is 0.648. The molecule has 0 saturated carbocycles. The molecule has 1 aromatic carbocycles. The molecular formula is C11H14N2O2. The number of aliphatic hydroxyl groups is 1. The minimum atomic E-state index is -0.668. The fraction of sp³-hybridized carbons (Fsp3) is 0.364. The highest BCUT2D eigenvalue weighted by molar-refractivity contribution is 5.86. The Hall–Kier alpha value is -1.55. The summed E-state index contributed by atoms with van der Waals surface area (Å²) in [6.07, 6.45) is -0.233. The van der Waals surface area contributed by atoms with Crippen molar-refractivity contribution in [1.29, 1.82) is 0 Å². The van der Waals surface area contributed by atoms with Crippen LogP contribution in [-0.4, -0.2) is 35.2 Å². The zero-order valence-corrected chi connectivity index (χ0v) is 8.55. The van der Waals surface area contributed by atoms with E-state index in [2.05, 4.69) is 5.32 Å². The summed E-state index contributed by atoms with van der Waals surface area (Å²) in [5.41, 5.74) is 0.901. The first-order valence-electron chi connectivity index (χ1n) is 4.95. The third kappa shape index (κ3) is 1.94. The van der Waals surface area contributed by atoms with Gasteiger partial charge in [0, 0.05) is 19.2 Å². The molecule has 4 heteroatoms. The summed E-state index contributed by atoms with van der Waals surface area (Å²) in [6, 6.07) is 9.22. The van der Waals surface area contributed by atoms with E-state index < -0.39 is 6.23 Å². The summed E-state index contributed by atoms with van der Waals surface area (Å²) in [5, 5.41) is 12.6. The average Bonchev–Trinajstić information content (AvgIpc) is 2.48. The van der Waals surface area contributed by atoms with Crippen LogP contribution in [0.1, 0.15) is 6.42 Å². The van der Waals surface area contributed by atoms with Crippen LogP contribution in [0.2, 0.25) is 0 Å². The van der Waals surface area contributed by atoms with Crippen LogP contribution in [0, 0.1) is 0 Å². The van der Waals surface area contributed by atoms with E-state index in [1.54, 1.807) is 7.05 Å². The number of carbonyl (C=O) groups is 1. The monoisotopic (exact) mass is 206 g/mol. The highest BCUT2D eigenvalue weighted by atomic mass is 16.3. The van der Waals surface area contributed by atoms with Crippen LogP contribution in [0.4, 0.5) is 5.69 Å². The molecule has 2 unspecified atom stereocenters. The summed E-state index contributed by atoms with van der Waals surface area (Å²) in [5.74, 6) is -0.0636. The molecular weight excluding hydrogens is 192 g/mol. The number of rotatable bonds is 2. The standard InChI is InChI=1S/C11H14N2O2/c1-13-10(14)7-9(11(13)15)12-8-5-3-2-4-6-8/h2-6,9-10,12,14H,7H2,1H3. The Labute approximate surface area is 88.5 Å². The fourth-order valence-electron chi connectivity index (χ4n) is 1.72. The second-order valence-electron chi connectivity index (χ2n) is 3.73. The molecule has 0 aliphatic carbocycles. The van der Waals surface area contributed by atoms with Gasteiger partial charge in [-0.15, -0.1) is 0 Å². The van der Waals surface area contributed by atoms with Gasteiger partial charge >= 0.3 is 0 Å². The summed E-state index contributed by atoms with van der Waals surface area (Å²) in [6.45, 7) is 0. The normalized spacial score (nSPS) is 25.7. The van der Waals surface area contributed by atoms with E-state index in [0.29, 0.717) is 6.42 Å². The van der Waals surface area contributed by atoms with Gasteiger partial charge in [-0.1, -0.05) is 18.2 Å². The number of carbonyl (C=O) groups excluding carboxylic acids is 1. The lowest BCUT2D eigenvalue weighted by atomic mass is 10.2. The zero-order chi connectivity index (χ0) is 10.8. The molecule has 15 heavy (non-hydrogen) atoms. The molecule has 80 valence electrons. The maximum Gasteiger partial charge on any atom is 0.247 e. The van der Waals surface area contributed by atoms with Crippen molar-refractivity contribution in [3.63, 3.8) is 0 Å². The van der Waals surface area contributed by atoms with E-state index in [1.165, 1.54) is 4.90 Å². The number of hydrogen-bond donors (Lipinski definition) is 2. The van der Waals surface area contributed by atoms with Gasteiger partial charge in [0.25, 0.3) is 0 Å². The van der Waals surface area contributed by atoms with Gasteiger partial charge in [0.1, 0.15) is 12.3 Å². The molecule has 0 aromatic heterocycles. The minimum Gasteiger partial charge on any atom is -0.374 e. The van der Waals surface area contributed by atoms with Crippen LogP contribution in [0.15, 0.2) is 30.3 Å². The fourth-order valence-corrected chi connectivity index (χ4v) is 1.72. The number of nitrogens with one attached hydrogen (secondary N) is 1. The highest BCUT2D eigenvalue weighted by Gasteiger charge is 2.35. The molecule has 1 aromatic rings. The Morgan fingerprint density at radius 2 is 2.07 bits per heavy atom. The quantitative estimate of drug-likeness (QED) is 0.747. The summed E-state index contributed by atoms with van der Waals surface area (Å²) in [7, 11) is 1.61. The van der Waals surface area contributed by atoms with E-state index in [9.17, 15) is 9.90 Å². The van der Waals surface area contributed by atoms with Crippen molar-refractivity contribution in [2.75, 3.05) is 12.4 Å². The number of hydrogen-bond acceptors (Lipinski definition) is 3. The molecule has 2 atom stereocenters. The topological polar surface area (TPSA) is 52.6 Å². The van der Waals surface area contributed by atoms with E-state index in [4.69, 9.17) is 0 Å². The van der Waals surface area contributed by atoms with Crippen molar-refractivity contribution in [2.24, 2.45) is 0 Å². The SMILES string of the molecule is CN1C(=O)C(Nc2ccccc2)CC1O. The molecule has 0 radical (unpaired) electrons. The Bertz CT molecular complexity index is 353. The van der Waals surface area contributed by atoms with Crippen molar-refractivity contribution in [3.8, 4) is 0 Å². The van der Waals surface area contributed by atoms with E-state index in [0.717, 1.165) is 5.69 Å². The van der Waals surface area contributed by atoms with Gasteiger partial charge in [-0.05, 0) is 12.1 Å². The maximum atomic E-state index is 11.6. The van der Waals surface area contributed by atoms with Gasteiger partial charge in [0.2, 0.25) is 5.91 Å². The molecule has 1 saturated heterocycles. The van der Waals surface area contributed by atoms with E-state index >= 15 is 0 Å². The van der Waals surface area contributed by atoms with Crippen LogP contribution in [0.25, 0.3) is 0 Å². The smallest absolute Gasteiger partial charge is 0.247 e.